The van der Waals surface area contributed by atoms with Gasteiger partial charge in [0.05, 0.1) is 17.9 Å². The Morgan fingerprint density at radius 2 is 1.70 bits per heavy atom. The van der Waals surface area contributed by atoms with Crippen LogP contribution >= 0.6 is 11.6 Å². The number of para-hydroxylation sites is 1. The number of sulfonamides is 1. The zero-order chi connectivity index (χ0) is 21.6. The van der Waals surface area contributed by atoms with E-state index in [0.29, 0.717) is 49.9 Å². The van der Waals surface area contributed by atoms with E-state index in [9.17, 15) is 17.6 Å². The maximum absolute atomic E-state index is 13.9. The van der Waals surface area contributed by atoms with Crippen LogP contribution in [0.4, 0.5) is 10.1 Å². The number of carbonyl (C=O) groups is 1. The molecule has 1 fully saturated rings. The predicted octanol–water partition coefficient (Wildman–Crippen LogP) is 2.68. The van der Waals surface area contributed by atoms with Gasteiger partial charge in [0, 0.05) is 37.7 Å². The van der Waals surface area contributed by atoms with Crippen molar-refractivity contribution in [1.82, 2.24) is 9.62 Å². The average molecular weight is 454 g/mol. The van der Waals surface area contributed by atoms with Gasteiger partial charge in [-0.2, -0.15) is 4.31 Å². The van der Waals surface area contributed by atoms with E-state index in [0.717, 1.165) is 5.56 Å². The van der Waals surface area contributed by atoms with Crippen LogP contribution in [-0.2, 0) is 21.2 Å². The molecule has 1 heterocycles. The Morgan fingerprint density at radius 3 is 2.37 bits per heavy atom. The molecule has 1 amide bonds. The molecule has 2 aromatic rings. The number of hydrogen-bond donors (Lipinski definition) is 1. The molecular formula is C21H25ClFN3O3S. The van der Waals surface area contributed by atoms with Crippen molar-refractivity contribution in [2.75, 3.05) is 43.4 Å². The minimum absolute atomic E-state index is 0.0338. The molecule has 0 aromatic heterocycles. The van der Waals surface area contributed by atoms with Crippen LogP contribution in [0.15, 0.2) is 48.5 Å². The summed E-state index contributed by atoms with van der Waals surface area (Å²) in [6, 6.07) is 13.5. The standard InChI is InChI=1S/C21H25ClFN3O3S/c22-18-8-6-17(7-9-18)16-21(27)24-10-3-15-30(28,29)26-13-11-25(12-14-26)20-5-2-1-4-19(20)23/h1-2,4-9H,3,10-16H2,(H,24,27). The van der Waals surface area contributed by atoms with E-state index in [1.54, 1.807) is 42.5 Å². The molecule has 0 radical (unpaired) electrons. The summed E-state index contributed by atoms with van der Waals surface area (Å²) in [5.74, 6) is -0.495. The highest BCUT2D eigenvalue weighted by atomic mass is 35.5. The van der Waals surface area contributed by atoms with Crippen LogP contribution in [-0.4, -0.2) is 57.1 Å². The van der Waals surface area contributed by atoms with Crippen molar-refractivity contribution < 1.29 is 17.6 Å². The van der Waals surface area contributed by atoms with Crippen molar-refractivity contribution >= 4 is 33.2 Å². The third-order valence-corrected chi connectivity index (χ3v) is 7.21. The number of halogens is 2. The monoisotopic (exact) mass is 453 g/mol. The largest absolute Gasteiger partial charge is 0.367 e. The van der Waals surface area contributed by atoms with Crippen LogP contribution in [0.3, 0.4) is 0 Å². The molecule has 0 atom stereocenters. The molecule has 162 valence electrons. The van der Waals surface area contributed by atoms with Crippen LogP contribution in [0.5, 0.6) is 0 Å². The zero-order valence-electron chi connectivity index (χ0n) is 16.6. The first-order chi connectivity index (χ1) is 14.3. The molecule has 1 N–H and O–H groups in total. The van der Waals surface area contributed by atoms with Gasteiger partial charge in [-0.1, -0.05) is 35.9 Å². The lowest BCUT2D eigenvalue weighted by atomic mass is 10.1. The number of carbonyl (C=O) groups excluding carboxylic acids is 1. The van der Waals surface area contributed by atoms with Gasteiger partial charge in [0.15, 0.2) is 0 Å². The fourth-order valence-electron chi connectivity index (χ4n) is 3.38. The SMILES string of the molecule is O=C(Cc1ccc(Cl)cc1)NCCCS(=O)(=O)N1CCN(c2ccccc2F)CC1. The van der Waals surface area contributed by atoms with Crippen LogP contribution in [0.25, 0.3) is 0 Å². The topological polar surface area (TPSA) is 69.7 Å². The highest BCUT2D eigenvalue weighted by molar-refractivity contribution is 7.89. The van der Waals surface area contributed by atoms with Gasteiger partial charge in [-0.25, -0.2) is 12.8 Å². The Labute approximate surface area is 181 Å². The van der Waals surface area contributed by atoms with Gasteiger partial charge in [0.25, 0.3) is 0 Å². The second-order valence-corrected chi connectivity index (χ2v) is 9.69. The fraction of sp³-hybridized carbons (Fsp3) is 0.381. The molecule has 3 rings (SSSR count). The second kappa shape index (κ2) is 10.2. The molecule has 0 spiro atoms. The first-order valence-electron chi connectivity index (χ1n) is 9.83. The molecule has 0 saturated carbocycles. The summed E-state index contributed by atoms with van der Waals surface area (Å²) in [7, 11) is -3.41. The number of rotatable bonds is 8. The highest BCUT2D eigenvalue weighted by Crippen LogP contribution is 2.21. The van der Waals surface area contributed by atoms with Gasteiger partial charge in [-0.3, -0.25) is 4.79 Å². The van der Waals surface area contributed by atoms with E-state index in [1.807, 2.05) is 4.90 Å². The molecule has 1 aliphatic rings. The first kappa shape index (κ1) is 22.5. The highest BCUT2D eigenvalue weighted by Gasteiger charge is 2.27. The number of benzene rings is 2. The minimum atomic E-state index is -3.41. The Morgan fingerprint density at radius 1 is 1.03 bits per heavy atom. The van der Waals surface area contributed by atoms with Crippen molar-refractivity contribution in [1.29, 1.82) is 0 Å². The van der Waals surface area contributed by atoms with E-state index in [-0.39, 0.29) is 23.9 Å². The molecule has 6 nitrogen and oxygen atoms in total. The molecular weight excluding hydrogens is 429 g/mol. The molecule has 0 unspecified atom stereocenters. The molecule has 1 aliphatic heterocycles. The van der Waals surface area contributed by atoms with Crippen molar-refractivity contribution in [3.63, 3.8) is 0 Å². The molecule has 2 aromatic carbocycles. The normalized spacial score (nSPS) is 15.2. The smallest absolute Gasteiger partial charge is 0.224 e. The third-order valence-electron chi connectivity index (χ3n) is 5.00. The average Bonchev–Trinajstić information content (AvgIpc) is 2.73. The summed E-state index contributed by atoms with van der Waals surface area (Å²) in [6.45, 7) is 1.82. The van der Waals surface area contributed by atoms with Crippen molar-refractivity contribution in [2.45, 2.75) is 12.8 Å². The van der Waals surface area contributed by atoms with Gasteiger partial charge >= 0.3 is 0 Å². The number of nitrogens with one attached hydrogen (secondary N) is 1. The first-order valence-corrected chi connectivity index (χ1v) is 11.8. The van der Waals surface area contributed by atoms with Gasteiger partial charge in [-0.05, 0) is 36.2 Å². The lowest BCUT2D eigenvalue weighted by Crippen LogP contribution is -2.49. The Balaban J connectivity index is 1.40. The van der Waals surface area contributed by atoms with Crippen LogP contribution in [0.2, 0.25) is 5.02 Å². The van der Waals surface area contributed by atoms with E-state index in [1.165, 1.54) is 10.4 Å². The van der Waals surface area contributed by atoms with E-state index in [4.69, 9.17) is 11.6 Å². The molecule has 0 bridgehead atoms. The van der Waals surface area contributed by atoms with Crippen molar-refractivity contribution in [2.24, 2.45) is 0 Å². The number of nitrogens with zero attached hydrogens (tertiary/aromatic N) is 2. The lowest BCUT2D eigenvalue weighted by Gasteiger charge is -2.35. The quantitative estimate of drug-likeness (QED) is 0.624. The van der Waals surface area contributed by atoms with Gasteiger partial charge in [-0.15, -0.1) is 0 Å². The maximum atomic E-state index is 13.9. The molecule has 0 aliphatic carbocycles. The number of amides is 1. The van der Waals surface area contributed by atoms with Gasteiger partial charge < -0.3 is 10.2 Å². The lowest BCUT2D eigenvalue weighted by molar-refractivity contribution is -0.120. The van der Waals surface area contributed by atoms with E-state index in [2.05, 4.69) is 5.32 Å². The Hall–Kier alpha value is -2.16. The zero-order valence-corrected chi connectivity index (χ0v) is 18.1. The predicted molar refractivity (Wildman–Crippen MR) is 117 cm³/mol. The number of anilines is 1. The van der Waals surface area contributed by atoms with E-state index < -0.39 is 10.0 Å². The summed E-state index contributed by atoms with van der Waals surface area (Å²) >= 11 is 5.82. The summed E-state index contributed by atoms with van der Waals surface area (Å²) < 4.78 is 40.5. The van der Waals surface area contributed by atoms with Crippen molar-refractivity contribution in [3.05, 3.63) is 64.9 Å². The number of hydrogen-bond acceptors (Lipinski definition) is 4. The molecule has 1 saturated heterocycles. The van der Waals surface area contributed by atoms with Crippen LogP contribution in [0, 0.1) is 5.82 Å². The summed E-state index contributed by atoms with van der Waals surface area (Å²) in [5.41, 5.74) is 1.34. The molecule has 30 heavy (non-hydrogen) atoms. The van der Waals surface area contributed by atoms with Gasteiger partial charge in [0.2, 0.25) is 15.9 Å². The van der Waals surface area contributed by atoms with Crippen LogP contribution in [0.1, 0.15) is 12.0 Å². The summed E-state index contributed by atoms with van der Waals surface area (Å²) in [5, 5.41) is 3.36. The maximum Gasteiger partial charge on any atom is 0.224 e. The van der Waals surface area contributed by atoms with Gasteiger partial charge in [0.1, 0.15) is 5.82 Å². The van der Waals surface area contributed by atoms with E-state index >= 15 is 0 Å². The van der Waals surface area contributed by atoms with Crippen LogP contribution < -0.4 is 10.2 Å². The Kier molecular flexibility index (Phi) is 7.69. The van der Waals surface area contributed by atoms with Crippen molar-refractivity contribution in [3.8, 4) is 0 Å². The summed E-state index contributed by atoms with van der Waals surface area (Å²) in [4.78, 5) is 13.8. The minimum Gasteiger partial charge on any atom is -0.367 e. The Bertz CT molecular complexity index is 962. The number of piperazine rings is 1. The fourth-order valence-corrected chi connectivity index (χ4v) is 4.99. The summed E-state index contributed by atoms with van der Waals surface area (Å²) in [6.07, 6.45) is 0.560. The molecule has 9 heteroatoms. The third kappa shape index (κ3) is 6.17. The second-order valence-electron chi connectivity index (χ2n) is 7.16.